The van der Waals surface area contributed by atoms with E-state index in [9.17, 15) is 4.79 Å². The van der Waals surface area contributed by atoms with Crippen LogP contribution in [0.3, 0.4) is 0 Å². The van der Waals surface area contributed by atoms with E-state index in [2.05, 4.69) is 15.7 Å². The smallest absolute Gasteiger partial charge is 0.319 e. The van der Waals surface area contributed by atoms with Crippen LogP contribution < -0.4 is 10.6 Å². The van der Waals surface area contributed by atoms with Gasteiger partial charge in [0.25, 0.3) is 0 Å². The topological polar surface area (TPSA) is 59.0 Å². The largest absolute Gasteiger partial charge is 0.332 e. The van der Waals surface area contributed by atoms with Crippen LogP contribution in [0.5, 0.6) is 0 Å². The maximum absolute atomic E-state index is 12.6. The molecule has 2 aromatic rings. The van der Waals surface area contributed by atoms with Crippen molar-refractivity contribution in [3.05, 3.63) is 47.2 Å². The van der Waals surface area contributed by atoms with E-state index in [4.69, 9.17) is 11.6 Å². The second kappa shape index (κ2) is 6.55. The van der Waals surface area contributed by atoms with Gasteiger partial charge in [0.2, 0.25) is 0 Å². The molecule has 1 aromatic heterocycles. The molecule has 6 rings (SSSR count). The van der Waals surface area contributed by atoms with E-state index in [1.165, 1.54) is 19.3 Å². The zero-order chi connectivity index (χ0) is 18.4. The number of halogens is 1. The number of hydrogen-bond donors (Lipinski definition) is 2. The Kier molecular flexibility index (Phi) is 4.15. The number of carbonyl (C=O) groups excluding carboxylic acids is 1. The average Bonchev–Trinajstić information content (AvgIpc) is 3.02. The Balaban J connectivity index is 1.20. The lowest BCUT2D eigenvalue weighted by atomic mass is 9.53. The fourth-order valence-electron chi connectivity index (χ4n) is 5.96. The Morgan fingerprint density at radius 3 is 2.37 bits per heavy atom. The van der Waals surface area contributed by atoms with E-state index in [1.807, 2.05) is 35.1 Å². The minimum absolute atomic E-state index is 0.0259. The molecule has 1 heterocycles. The second-order valence-electron chi connectivity index (χ2n) is 8.83. The van der Waals surface area contributed by atoms with Crippen LogP contribution in [-0.2, 0) is 6.54 Å². The molecular formula is C21H25ClN4O. The Morgan fingerprint density at radius 1 is 1.11 bits per heavy atom. The number of hydrogen-bond acceptors (Lipinski definition) is 2. The molecule has 0 spiro atoms. The number of aromatic nitrogens is 2. The Labute approximate surface area is 164 Å². The molecule has 0 unspecified atom stereocenters. The molecule has 2 amide bonds. The quantitative estimate of drug-likeness (QED) is 0.804. The Morgan fingerprint density at radius 2 is 1.74 bits per heavy atom. The molecule has 6 heteroatoms. The van der Waals surface area contributed by atoms with Gasteiger partial charge >= 0.3 is 6.03 Å². The summed E-state index contributed by atoms with van der Waals surface area (Å²) >= 11 is 5.93. The number of amides is 2. The summed E-state index contributed by atoms with van der Waals surface area (Å²) in [5.74, 6) is 2.45. The molecule has 5 nitrogen and oxygen atoms in total. The van der Waals surface area contributed by atoms with E-state index in [1.54, 1.807) is 6.20 Å². The first-order chi connectivity index (χ1) is 13.1. The predicted molar refractivity (Wildman–Crippen MR) is 106 cm³/mol. The van der Waals surface area contributed by atoms with Crippen LogP contribution in [0.25, 0.3) is 0 Å². The molecule has 2 N–H and O–H groups in total. The van der Waals surface area contributed by atoms with Crippen LogP contribution >= 0.6 is 11.6 Å². The maximum Gasteiger partial charge on any atom is 0.319 e. The van der Waals surface area contributed by atoms with Crippen molar-refractivity contribution in [2.75, 3.05) is 5.32 Å². The molecule has 4 aliphatic rings. The van der Waals surface area contributed by atoms with Crippen LogP contribution in [0, 0.1) is 17.8 Å². The molecule has 4 aliphatic carbocycles. The average molecular weight is 385 g/mol. The molecule has 0 radical (unpaired) electrons. The van der Waals surface area contributed by atoms with Gasteiger partial charge in [-0.1, -0.05) is 23.7 Å². The standard InChI is InChI=1S/C21H25ClN4O/c22-18-3-1-14(2-4-18)12-26-13-19(11-23-26)24-20(27)25-21-8-15-5-16(9-21)7-17(6-15)10-21/h1-4,11,13,15-17H,5-10,12H2,(H2,24,25,27). The molecule has 0 saturated heterocycles. The zero-order valence-corrected chi connectivity index (χ0v) is 16.1. The monoisotopic (exact) mass is 384 g/mol. The number of anilines is 1. The van der Waals surface area contributed by atoms with Crippen LogP contribution in [0.15, 0.2) is 36.7 Å². The number of benzene rings is 1. The minimum atomic E-state index is -0.0945. The third-order valence-electron chi connectivity index (χ3n) is 6.57. The van der Waals surface area contributed by atoms with Crippen LogP contribution in [0.2, 0.25) is 5.02 Å². The van der Waals surface area contributed by atoms with Gasteiger partial charge in [0.15, 0.2) is 0 Å². The molecule has 27 heavy (non-hydrogen) atoms. The fraction of sp³-hybridized carbons (Fsp3) is 0.524. The summed E-state index contributed by atoms with van der Waals surface area (Å²) in [6, 6.07) is 7.62. The van der Waals surface area contributed by atoms with Gasteiger partial charge in [0, 0.05) is 16.8 Å². The van der Waals surface area contributed by atoms with Crippen LogP contribution in [0.1, 0.15) is 44.1 Å². The second-order valence-corrected chi connectivity index (χ2v) is 9.27. The lowest BCUT2D eigenvalue weighted by Crippen LogP contribution is -2.60. The molecule has 142 valence electrons. The van der Waals surface area contributed by atoms with Crippen molar-refractivity contribution in [2.45, 2.75) is 50.6 Å². The third-order valence-corrected chi connectivity index (χ3v) is 6.82. The molecule has 0 aliphatic heterocycles. The predicted octanol–water partition coefficient (Wildman–Crippen LogP) is 4.68. The normalized spacial score (nSPS) is 31.1. The van der Waals surface area contributed by atoms with Gasteiger partial charge in [-0.2, -0.15) is 5.10 Å². The van der Waals surface area contributed by atoms with Crippen LogP contribution in [-0.4, -0.2) is 21.4 Å². The number of nitrogens with one attached hydrogen (secondary N) is 2. The third kappa shape index (κ3) is 3.57. The SMILES string of the molecule is O=C(Nc1cnn(Cc2ccc(Cl)cc2)c1)NC12CC3CC(CC(C3)C1)C2. The highest BCUT2D eigenvalue weighted by atomic mass is 35.5. The number of carbonyl (C=O) groups is 1. The van der Waals surface area contributed by atoms with Crippen molar-refractivity contribution in [1.29, 1.82) is 0 Å². The van der Waals surface area contributed by atoms with Crippen LogP contribution in [0.4, 0.5) is 10.5 Å². The Bertz CT molecular complexity index is 809. The van der Waals surface area contributed by atoms with Crippen molar-refractivity contribution >= 4 is 23.3 Å². The van der Waals surface area contributed by atoms with Gasteiger partial charge in [0.1, 0.15) is 0 Å². The summed E-state index contributed by atoms with van der Waals surface area (Å²) in [6.07, 6.45) is 11.2. The summed E-state index contributed by atoms with van der Waals surface area (Å²) in [5, 5.41) is 11.4. The Hall–Kier alpha value is -2.01. The van der Waals surface area contributed by atoms with E-state index >= 15 is 0 Å². The highest BCUT2D eigenvalue weighted by Crippen LogP contribution is 2.55. The van der Waals surface area contributed by atoms with Crippen molar-refractivity contribution in [1.82, 2.24) is 15.1 Å². The first-order valence-corrected chi connectivity index (χ1v) is 10.3. The number of rotatable bonds is 4. The summed E-state index contributed by atoms with van der Waals surface area (Å²) in [7, 11) is 0. The molecule has 4 fully saturated rings. The summed E-state index contributed by atoms with van der Waals surface area (Å²) in [6.45, 7) is 0.648. The van der Waals surface area contributed by atoms with Gasteiger partial charge < -0.3 is 10.6 Å². The van der Waals surface area contributed by atoms with Crippen molar-refractivity contribution in [3.63, 3.8) is 0 Å². The van der Waals surface area contributed by atoms with E-state index in [0.29, 0.717) is 6.54 Å². The first-order valence-electron chi connectivity index (χ1n) is 9.91. The summed E-state index contributed by atoms with van der Waals surface area (Å²) in [4.78, 5) is 12.6. The summed E-state index contributed by atoms with van der Waals surface area (Å²) in [5.41, 5.74) is 1.87. The van der Waals surface area contributed by atoms with Crippen molar-refractivity contribution in [3.8, 4) is 0 Å². The first kappa shape index (κ1) is 17.1. The fourth-order valence-corrected chi connectivity index (χ4v) is 6.08. The van der Waals surface area contributed by atoms with Gasteiger partial charge in [-0.3, -0.25) is 4.68 Å². The highest BCUT2D eigenvalue weighted by molar-refractivity contribution is 6.30. The minimum Gasteiger partial charge on any atom is -0.332 e. The molecule has 0 atom stereocenters. The van der Waals surface area contributed by atoms with E-state index in [0.717, 1.165) is 53.3 Å². The van der Waals surface area contributed by atoms with Gasteiger partial charge in [0.05, 0.1) is 18.4 Å². The molecule has 4 bridgehead atoms. The number of urea groups is 1. The molecular weight excluding hydrogens is 360 g/mol. The van der Waals surface area contributed by atoms with Gasteiger partial charge in [-0.25, -0.2) is 4.79 Å². The summed E-state index contributed by atoms with van der Waals surface area (Å²) < 4.78 is 1.82. The van der Waals surface area contributed by atoms with Gasteiger partial charge in [-0.05, 0) is 74.0 Å². The molecule has 1 aromatic carbocycles. The van der Waals surface area contributed by atoms with E-state index in [-0.39, 0.29) is 11.6 Å². The van der Waals surface area contributed by atoms with Crippen molar-refractivity contribution < 1.29 is 4.79 Å². The van der Waals surface area contributed by atoms with Crippen molar-refractivity contribution in [2.24, 2.45) is 17.8 Å². The zero-order valence-electron chi connectivity index (χ0n) is 15.3. The highest BCUT2D eigenvalue weighted by Gasteiger charge is 2.51. The number of nitrogens with zero attached hydrogens (tertiary/aromatic N) is 2. The van der Waals surface area contributed by atoms with Gasteiger partial charge in [-0.15, -0.1) is 0 Å². The lowest BCUT2D eigenvalue weighted by molar-refractivity contribution is -0.0127. The molecule has 4 saturated carbocycles. The van der Waals surface area contributed by atoms with E-state index < -0.39 is 0 Å². The lowest BCUT2D eigenvalue weighted by Gasteiger charge is -2.56. The maximum atomic E-state index is 12.6.